The van der Waals surface area contributed by atoms with Gasteiger partial charge in [0.2, 0.25) is 0 Å². The van der Waals surface area contributed by atoms with Crippen molar-refractivity contribution >= 4 is 46.2 Å². The minimum atomic E-state index is -0.730. The van der Waals surface area contributed by atoms with Gasteiger partial charge in [0.1, 0.15) is 5.54 Å². The Kier molecular flexibility index (Phi) is 3.46. The molecule has 23 heavy (non-hydrogen) atoms. The number of pyridine rings is 1. The van der Waals surface area contributed by atoms with E-state index in [0.29, 0.717) is 22.8 Å². The number of aromatic nitrogens is 1. The summed E-state index contributed by atoms with van der Waals surface area (Å²) in [4.78, 5) is 30.7. The van der Waals surface area contributed by atoms with Gasteiger partial charge in [-0.1, -0.05) is 23.7 Å². The summed E-state index contributed by atoms with van der Waals surface area (Å²) in [5.74, 6) is 1.36. The van der Waals surface area contributed by atoms with Gasteiger partial charge in [-0.2, -0.15) is 11.8 Å². The Bertz CT molecular complexity index is 820. The number of fused-ring (bicyclic) bond motifs is 1. The molecule has 0 saturated carbocycles. The molecule has 5 nitrogen and oxygen atoms in total. The van der Waals surface area contributed by atoms with E-state index in [1.807, 2.05) is 18.2 Å². The highest BCUT2D eigenvalue weighted by atomic mass is 35.5. The topological polar surface area (TPSA) is 62.3 Å². The maximum atomic E-state index is 12.8. The summed E-state index contributed by atoms with van der Waals surface area (Å²) in [5.41, 5.74) is 0.699. The van der Waals surface area contributed by atoms with E-state index in [1.54, 1.807) is 24.0 Å². The Hall–Kier alpha value is -1.79. The summed E-state index contributed by atoms with van der Waals surface area (Å²) in [6.07, 6.45) is 2.36. The van der Waals surface area contributed by atoms with Gasteiger partial charge >= 0.3 is 6.03 Å². The van der Waals surface area contributed by atoms with E-state index in [2.05, 4.69) is 10.3 Å². The molecule has 1 N–H and O–H groups in total. The maximum Gasteiger partial charge on any atom is 0.325 e. The molecule has 7 heteroatoms. The molecule has 1 atom stereocenters. The Morgan fingerprint density at radius 2 is 2.22 bits per heavy atom. The average Bonchev–Trinajstić information content (AvgIpc) is 3.11. The second kappa shape index (κ2) is 5.39. The zero-order valence-electron chi connectivity index (χ0n) is 12.2. The van der Waals surface area contributed by atoms with Crippen molar-refractivity contribution in [2.45, 2.75) is 18.5 Å². The molecule has 1 unspecified atom stereocenters. The van der Waals surface area contributed by atoms with Crippen molar-refractivity contribution in [2.75, 3.05) is 11.5 Å². The molecular formula is C16H14ClN3O2S. The summed E-state index contributed by atoms with van der Waals surface area (Å²) in [6.45, 7) is 0.143. The molecule has 3 amide bonds. The fourth-order valence-corrected chi connectivity index (χ4v) is 4.68. The van der Waals surface area contributed by atoms with Gasteiger partial charge in [0, 0.05) is 27.9 Å². The smallest absolute Gasteiger partial charge is 0.322 e. The number of nitrogens with zero attached hydrogens (tertiary/aromatic N) is 2. The standard InChI is InChI=1S/C16H14ClN3O2S/c17-12-4-3-10-2-1-6-18-13(10)11(12)8-20-14(21)16(19-15(20)22)5-7-23-9-16/h1-4,6H,5,7-9H2,(H,19,22). The Balaban J connectivity index is 1.72. The fraction of sp³-hybridized carbons (Fsp3) is 0.312. The molecule has 2 saturated heterocycles. The molecule has 2 fully saturated rings. The molecule has 4 rings (SSSR count). The number of carbonyl (C=O) groups excluding carboxylic acids is 2. The van der Waals surface area contributed by atoms with Crippen LogP contribution in [0.1, 0.15) is 12.0 Å². The third kappa shape index (κ3) is 2.28. The monoisotopic (exact) mass is 347 g/mol. The van der Waals surface area contributed by atoms with Crippen LogP contribution in [0.15, 0.2) is 30.5 Å². The lowest BCUT2D eigenvalue weighted by Gasteiger charge is -2.20. The van der Waals surface area contributed by atoms with E-state index in [-0.39, 0.29) is 18.5 Å². The van der Waals surface area contributed by atoms with E-state index >= 15 is 0 Å². The largest absolute Gasteiger partial charge is 0.325 e. The van der Waals surface area contributed by atoms with Crippen LogP contribution >= 0.6 is 23.4 Å². The van der Waals surface area contributed by atoms with Crippen LogP contribution in [-0.2, 0) is 11.3 Å². The number of halogens is 1. The normalized spacial score (nSPS) is 24.0. The molecule has 2 aromatic rings. The van der Waals surface area contributed by atoms with E-state index in [9.17, 15) is 9.59 Å². The third-order valence-electron chi connectivity index (χ3n) is 4.41. The average molecular weight is 348 g/mol. The van der Waals surface area contributed by atoms with Gasteiger partial charge in [-0.3, -0.25) is 14.7 Å². The highest BCUT2D eigenvalue weighted by Crippen LogP contribution is 2.35. The van der Waals surface area contributed by atoms with Crippen molar-refractivity contribution in [3.8, 4) is 0 Å². The Labute approximate surface area is 142 Å². The number of carbonyl (C=O) groups is 2. The van der Waals surface area contributed by atoms with E-state index in [0.717, 1.165) is 16.7 Å². The quantitative estimate of drug-likeness (QED) is 0.848. The first-order valence-electron chi connectivity index (χ1n) is 7.35. The number of imide groups is 1. The Morgan fingerprint density at radius 1 is 1.35 bits per heavy atom. The van der Waals surface area contributed by atoms with Crippen LogP contribution in [0.4, 0.5) is 4.79 Å². The van der Waals surface area contributed by atoms with Crippen LogP contribution < -0.4 is 5.32 Å². The highest BCUT2D eigenvalue weighted by Gasteiger charge is 2.52. The molecule has 3 heterocycles. The fourth-order valence-electron chi connectivity index (χ4n) is 3.14. The second-order valence-electron chi connectivity index (χ2n) is 5.81. The maximum absolute atomic E-state index is 12.8. The summed E-state index contributed by atoms with van der Waals surface area (Å²) in [5, 5.41) is 4.32. The van der Waals surface area contributed by atoms with Crippen molar-refractivity contribution < 1.29 is 9.59 Å². The zero-order chi connectivity index (χ0) is 16.0. The van der Waals surface area contributed by atoms with Gasteiger partial charge in [-0.15, -0.1) is 0 Å². The molecular weight excluding hydrogens is 334 g/mol. The predicted molar refractivity (Wildman–Crippen MR) is 90.5 cm³/mol. The molecule has 0 bridgehead atoms. The van der Waals surface area contributed by atoms with Gasteiger partial charge in [0.05, 0.1) is 12.1 Å². The first-order chi connectivity index (χ1) is 11.1. The first kappa shape index (κ1) is 14.8. The van der Waals surface area contributed by atoms with Gasteiger partial charge < -0.3 is 5.32 Å². The molecule has 1 spiro atoms. The third-order valence-corrected chi connectivity index (χ3v) is 5.95. The molecule has 1 aromatic heterocycles. The van der Waals surface area contributed by atoms with E-state index in [1.165, 1.54) is 4.90 Å². The molecule has 1 aromatic carbocycles. The van der Waals surface area contributed by atoms with Gasteiger partial charge in [0.15, 0.2) is 0 Å². The van der Waals surface area contributed by atoms with E-state index in [4.69, 9.17) is 11.6 Å². The number of amides is 3. The molecule has 118 valence electrons. The lowest BCUT2D eigenvalue weighted by molar-refractivity contribution is -0.130. The van der Waals surface area contributed by atoms with E-state index < -0.39 is 5.54 Å². The highest BCUT2D eigenvalue weighted by molar-refractivity contribution is 7.99. The van der Waals surface area contributed by atoms with Crippen molar-refractivity contribution in [1.82, 2.24) is 15.2 Å². The number of urea groups is 1. The zero-order valence-corrected chi connectivity index (χ0v) is 13.8. The SMILES string of the molecule is O=C1NC2(CCSC2)C(=O)N1Cc1c(Cl)ccc2cccnc12. The van der Waals surface area contributed by atoms with Gasteiger partial charge in [-0.25, -0.2) is 4.79 Å². The summed E-state index contributed by atoms with van der Waals surface area (Å²) < 4.78 is 0. The van der Waals surface area contributed by atoms with Crippen LogP contribution in [-0.4, -0.2) is 38.9 Å². The number of thioether (sulfide) groups is 1. The van der Waals surface area contributed by atoms with Gasteiger partial charge in [-0.05, 0) is 24.3 Å². The first-order valence-corrected chi connectivity index (χ1v) is 8.88. The minimum Gasteiger partial charge on any atom is -0.322 e. The second-order valence-corrected chi connectivity index (χ2v) is 7.32. The van der Waals surface area contributed by atoms with Crippen LogP contribution in [0, 0.1) is 0 Å². The number of hydrogen-bond donors (Lipinski definition) is 1. The van der Waals surface area contributed by atoms with Crippen molar-refractivity contribution in [1.29, 1.82) is 0 Å². The van der Waals surface area contributed by atoms with Crippen LogP contribution in [0.25, 0.3) is 10.9 Å². The van der Waals surface area contributed by atoms with Crippen LogP contribution in [0.5, 0.6) is 0 Å². The number of benzene rings is 1. The van der Waals surface area contributed by atoms with Crippen LogP contribution in [0.3, 0.4) is 0 Å². The number of nitrogens with one attached hydrogen (secondary N) is 1. The predicted octanol–water partition coefficient (Wildman–Crippen LogP) is 2.82. The summed E-state index contributed by atoms with van der Waals surface area (Å²) in [7, 11) is 0. The Morgan fingerprint density at radius 3 is 3.00 bits per heavy atom. The number of hydrogen-bond acceptors (Lipinski definition) is 4. The number of rotatable bonds is 2. The molecule has 2 aliphatic rings. The lowest BCUT2D eigenvalue weighted by atomic mass is 9.99. The molecule has 0 radical (unpaired) electrons. The van der Waals surface area contributed by atoms with Crippen molar-refractivity contribution in [3.05, 3.63) is 41.0 Å². The minimum absolute atomic E-state index is 0.143. The van der Waals surface area contributed by atoms with Gasteiger partial charge in [0.25, 0.3) is 5.91 Å². The summed E-state index contributed by atoms with van der Waals surface area (Å²) in [6, 6.07) is 7.10. The van der Waals surface area contributed by atoms with Crippen molar-refractivity contribution in [2.24, 2.45) is 0 Å². The van der Waals surface area contributed by atoms with Crippen LogP contribution in [0.2, 0.25) is 5.02 Å². The van der Waals surface area contributed by atoms with Crippen molar-refractivity contribution in [3.63, 3.8) is 0 Å². The summed E-state index contributed by atoms with van der Waals surface area (Å²) >= 11 is 8.00. The molecule has 2 aliphatic heterocycles. The lowest BCUT2D eigenvalue weighted by Crippen LogP contribution is -2.46. The molecule has 0 aliphatic carbocycles.